The largest absolute Gasteiger partial charge is 0.0613 e. The zero-order valence-corrected chi connectivity index (χ0v) is 28.7. The van der Waals surface area contributed by atoms with E-state index < -0.39 is 0 Å². The van der Waals surface area contributed by atoms with E-state index in [-0.39, 0.29) is 5.41 Å². The van der Waals surface area contributed by atoms with Gasteiger partial charge in [-0.2, -0.15) is 0 Å². The lowest BCUT2D eigenvalue weighted by Crippen LogP contribution is -2.34. The maximum atomic E-state index is 2.62. The van der Waals surface area contributed by atoms with E-state index in [9.17, 15) is 0 Å². The van der Waals surface area contributed by atoms with Gasteiger partial charge in [-0.05, 0) is 195 Å². The number of allylic oxidation sites excluding steroid dienone is 2. The van der Waals surface area contributed by atoms with Crippen molar-refractivity contribution in [1.82, 2.24) is 0 Å². The summed E-state index contributed by atoms with van der Waals surface area (Å²) in [6.45, 7) is 23.1. The van der Waals surface area contributed by atoms with Gasteiger partial charge in [-0.15, -0.1) is 0 Å². The Morgan fingerprint density at radius 3 is 1.09 bits per heavy atom. The molecule has 44 heavy (non-hydrogen) atoms. The molecular formula is C44H48. The molecule has 0 amide bonds. The highest BCUT2D eigenvalue weighted by Gasteiger charge is 2.46. The third-order valence-electron chi connectivity index (χ3n) is 12.8. The Morgan fingerprint density at radius 1 is 0.432 bits per heavy atom. The van der Waals surface area contributed by atoms with Crippen molar-refractivity contribution in [2.24, 2.45) is 5.41 Å². The summed E-state index contributed by atoms with van der Waals surface area (Å²) in [5, 5.41) is 0. The van der Waals surface area contributed by atoms with Crippen LogP contribution in [0.5, 0.6) is 0 Å². The average Bonchev–Trinajstić information content (AvgIpc) is 3.62. The molecule has 0 aromatic heterocycles. The van der Waals surface area contributed by atoms with Crippen LogP contribution in [0.15, 0.2) is 47.5 Å². The van der Waals surface area contributed by atoms with E-state index in [4.69, 9.17) is 0 Å². The quantitative estimate of drug-likeness (QED) is 0.227. The lowest BCUT2D eigenvalue weighted by Gasteiger charge is -2.45. The van der Waals surface area contributed by atoms with Gasteiger partial charge < -0.3 is 0 Å². The van der Waals surface area contributed by atoms with E-state index in [1.54, 1.807) is 11.1 Å². The third kappa shape index (κ3) is 3.95. The van der Waals surface area contributed by atoms with Gasteiger partial charge in [-0.3, -0.25) is 0 Å². The van der Waals surface area contributed by atoms with Gasteiger partial charge >= 0.3 is 0 Å². The fourth-order valence-corrected chi connectivity index (χ4v) is 8.97. The zero-order valence-electron chi connectivity index (χ0n) is 28.7. The molecular weight excluding hydrogens is 528 g/mol. The smallest absolute Gasteiger partial charge is 0.0134 e. The van der Waals surface area contributed by atoms with Crippen molar-refractivity contribution in [3.05, 3.63) is 125 Å². The summed E-state index contributed by atoms with van der Waals surface area (Å²) in [5.74, 6) is 0. The van der Waals surface area contributed by atoms with Gasteiger partial charge in [0.2, 0.25) is 0 Å². The van der Waals surface area contributed by atoms with Crippen LogP contribution >= 0.6 is 0 Å². The Morgan fingerprint density at radius 2 is 0.773 bits per heavy atom. The maximum absolute atomic E-state index is 2.62. The summed E-state index contributed by atoms with van der Waals surface area (Å²) in [6, 6.07) is 14.1. The van der Waals surface area contributed by atoms with E-state index >= 15 is 0 Å². The first-order valence-corrected chi connectivity index (χ1v) is 16.8. The van der Waals surface area contributed by atoms with Crippen LogP contribution in [-0.4, -0.2) is 0 Å². The summed E-state index contributed by atoms with van der Waals surface area (Å²) in [7, 11) is 0. The van der Waals surface area contributed by atoms with Crippen LogP contribution in [0.4, 0.5) is 0 Å². The molecule has 0 heterocycles. The van der Waals surface area contributed by atoms with Crippen molar-refractivity contribution >= 4 is 12.2 Å². The Bertz CT molecular complexity index is 1770. The van der Waals surface area contributed by atoms with Crippen LogP contribution in [0.25, 0.3) is 34.4 Å². The summed E-state index contributed by atoms with van der Waals surface area (Å²) in [6.07, 6.45) is 11.3. The number of hydrogen-bond acceptors (Lipinski definition) is 0. The highest BCUT2D eigenvalue weighted by atomic mass is 14.5. The molecule has 0 nitrogen and oxygen atoms in total. The highest BCUT2D eigenvalue weighted by Crippen LogP contribution is 2.59. The van der Waals surface area contributed by atoms with Crippen LogP contribution in [0.1, 0.15) is 97.2 Å². The van der Waals surface area contributed by atoms with Crippen molar-refractivity contribution in [2.75, 3.05) is 0 Å². The summed E-state index contributed by atoms with van der Waals surface area (Å²) >= 11 is 0. The van der Waals surface area contributed by atoms with E-state index in [0.717, 1.165) is 12.8 Å². The topological polar surface area (TPSA) is 0 Å². The lowest BCUT2D eigenvalue weighted by molar-refractivity contribution is 0.235. The first kappa shape index (κ1) is 29.1. The molecule has 0 heteroatoms. The van der Waals surface area contributed by atoms with Crippen LogP contribution in [0.3, 0.4) is 0 Å². The number of hydrogen-bond donors (Lipinski definition) is 0. The predicted molar refractivity (Wildman–Crippen MR) is 191 cm³/mol. The molecule has 4 aromatic rings. The molecule has 7 rings (SSSR count). The molecule has 0 saturated heterocycles. The zero-order chi connectivity index (χ0) is 31.2. The van der Waals surface area contributed by atoms with Gasteiger partial charge in [0.25, 0.3) is 0 Å². The normalized spacial score (nSPS) is 16.4. The summed E-state index contributed by atoms with van der Waals surface area (Å²) in [4.78, 5) is 0. The van der Waals surface area contributed by atoms with Crippen molar-refractivity contribution in [3.63, 3.8) is 0 Å². The van der Waals surface area contributed by atoms with E-state index in [1.165, 1.54) is 119 Å². The minimum atomic E-state index is 0.193. The van der Waals surface area contributed by atoms with Crippen molar-refractivity contribution < 1.29 is 0 Å². The average molecular weight is 577 g/mol. The van der Waals surface area contributed by atoms with Gasteiger partial charge in [0.15, 0.2) is 0 Å². The van der Waals surface area contributed by atoms with Gasteiger partial charge in [-0.1, -0.05) is 66.1 Å². The monoisotopic (exact) mass is 576 g/mol. The van der Waals surface area contributed by atoms with Crippen LogP contribution in [-0.2, 0) is 12.8 Å². The molecule has 1 fully saturated rings. The fraction of sp³-hybridized carbons (Fsp3) is 0.364. The standard InChI is InChI=1S/C44H48/c1-24-26(3)30(7)42(31(8)27(24)4)38-16-11-14-34-20-36(22-40(34)38)44(18-13-19-44)37-21-35-15-12-17-39(41(35)23-37)43-32(9)28(5)25(2)29(6)33(43)10/h11-12,14-17,22-23H,13,18-21H2,1-10H3. The number of fused-ring (bicyclic) bond motifs is 2. The lowest BCUT2D eigenvalue weighted by atomic mass is 9.59. The highest BCUT2D eigenvalue weighted by molar-refractivity contribution is 5.88. The molecule has 0 unspecified atom stereocenters. The summed E-state index contributed by atoms with van der Waals surface area (Å²) in [5.41, 5.74) is 29.6. The first-order valence-electron chi connectivity index (χ1n) is 16.8. The molecule has 0 N–H and O–H groups in total. The Hall–Kier alpha value is -3.64. The molecule has 224 valence electrons. The third-order valence-corrected chi connectivity index (χ3v) is 12.8. The SMILES string of the molecule is Cc1c(C)c(C)c(-c2cccc3c2C=C(C2(C4=Cc5c(cccc5-c5c(C)c(C)c(C)c(C)c5C)C4)CCC2)C3)c(C)c1C. The fourth-order valence-electron chi connectivity index (χ4n) is 8.97. The predicted octanol–water partition coefficient (Wildman–Crippen LogP) is 11.9. The van der Waals surface area contributed by atoms with Crippen LogP contribution < -0.4 is 0 Å². The second-order valence-electron chi connectivity index (χ2n) is 14.4. The molecule has 3 aliphatic rings. The second-order valence-corrected chi connectivity index (χ2v) is 14.4. The van der Waals surface area contributed by atoms with E-state index in [2.05, 4.69) is 118 Å². The van der Waals surface area contributed by atoms with Gasteiger partial charge in [-0.25, -0.2) is 0 Å². The first-order chi connectivity index (χ1) is 21.0. The second kappa shape index (κ2) is 10.2. The van der Waals surface area contributed by atoms with E-state index in [0.29, 0.717) is 0 Å². The maximum Gasteiger partial charge on any atom is 0.0134 e. The van der Waals surface area contributed by atoms with Crippen molar-refractivity contribution in [1.29, 1.82) is 0 Å². The van der Waals surface area contributed by atoms with Crippen LogP contribution in [0, 0.1) is 74.7 Å². The molecule has 0 atom stereocenters. The Kier molecular flexibility index (Phi) is 6.74. The number of benzene rings is 4. The molecule has 0 aliphatic heterocycles. The molecule has 0 bridgehead atoms. The van der Waals surface area contributed by atoms with Gasteiger partial charge in [0, 0.05) is 5.41 Å². The van der Waals surface area contributed by atoms with Gasteiger partial charge in [0.1, 0.15) is 0 Å². The number of rotatable bonds is 4. The molecule has 1 saturated carbocycles. The van der Waals surface area contributed by atoms with Crippen molar-refractivity contribution in [2.45, 2.75) is 101 Å². The molecule has 0 spiro atoms. The van der Waals surface area contributed by atoms with Crippen LogP contribution in [0.2, 0.25) is 0 Å². The van der Waals surface area contributed by atoms with Crippen molar-refractivity contribution in [3.8, 4) is 22.3 Å². The van der Waals surface area contributed by atoms with Gasteiger partial charge in [0.05, 0.1) is 0 Å². The minimum absolute atomic E-state index is 0.193. The van der Waals surface area contributed by atoms with E-state index in [1.807, 2.05) is 0 Å². The summed E-state index contributed by atoms with van der Waals surface area (Å²) < 4.78 is 0. The Labute approximate surface area is 266 Å². The minimum Gasteiger partial charge on any atom is -0.0613 e. The molecule has 0 radical (unpaired) electrons. The molecule has 3 aliphatic carbocycles. The molecule has 4 aromatic carbocycles. The Balaban J connectivity index is 1.34.